The summed E-state index contributed by atoms with van der Waals surface area (Å²) in [6.07, 6.45) is 0. The van der Waals surface area contributed by atoms with Crippen molar-refractivity contribution >= 4 is 21.8 Å². The van der Waals surface area contributed by atoms with Gasteiger partial charge in [0.15, 0.2) is 18.1 Å². The van der Waals surface area contributed by atoms with E-state index in [0.717, 1.165) is 0 Å². The molecule has 10 heteroatoms. The summed E-state index contributed by atoms with van der Waals surface area (Å²) in [5.41, 5.74) is 4.67. The van der Waals surface area contributed by atoms with Crippen LogP contribution >= 0.6 is 0 Å². The number of benzene rings is 2. The number of hydrogen-bond donors (Lipinski definition) is 3. The third-order valence-corrected chi connectivity index (χ3v) is 5.32. The smallest absolute Gasteiger partial charge is 0.276 e. The molecule has 0 saturated heterocycles. The average Bonchev–Trinajstić information content (AvgIpc) is 2.70. The molecular weight excluding hydrogens is 410 g/mol. The number of nitrogens with one attached hydrogen (secondary N) is 3. The van der Waals surface area contributed by atoms with Crippen molar-refractivity contribution < 1.29 is 27.5 Å². The molecule has 30 heavy (non-hydrogen) atoms. The van der Waals surface area contributed by atoms with Gasteiger partial charge in [0.25, 0.3) is 11.8 Å². The molecule has 2 aromatic rings. The summed E-state index contributed by atoms with van der Waals surface area (Å²) in [6.45, 7) is 5.38. The lowest BCUT2D eigenvalue weighted by molar-refractivity contribution is -0.123. The van der Waals surface area contributed by atoms with Crippen molar-refractivity contribution in [2.45, 2.75) is 31.7 Å². The third kappa shape index (κ3) is 6.75. The van der Waals surface area contributed by atoms with Gasteiger partial charge in [-0.15, -0.1) is 0 Å². The van der Waals surface area contributed by atoms with E-state index in [2.05, 4.69) is 15.6 Å². The predicted molar refractivity (Wildman–Crippen MR) is 111 cm³/mol. The summed E-state index contributed by atoms with van der Waals surface area (Å²) >= 11 is 0. The molecular formula is C20H25N3O6S. The van der Waals surface area contributed by atoms with Gasteiger partial charge in [-0.1, -0.05) is 12.1 Å². The second-order valence-electron chi connectivity index (χ2n) is 6.47. The van der Waals surface area contributed by atoms with E-state index in [0.29, 0.717) is 18.1 Å². The van der Waals surface area contributed by atoms with Gasteiger partial charge in [-0.3, -0.25) is 20.4 Å². The summed E-state index contributed by atoms with van der Waals surface area (Å²) in [5.74, 6) is -0.250. The van der Waals surface area contributed by atoms with Crippen molar-refractivity contribution in [3.63, 3.8) is 0 Å². The number of hydrogen-bond acceptors (Lipinski definition) is 6. The van der Waals surface area contributed by atoms with Gasteiger partial charge in [-0.05, 0) is 57.2 Å². The highest BCUT2D eigenvalue weighted by molar-refractivity contribution is 7.89. The van der Waals surface area contributed by atoms with Gasteiger partial charge in [0.2, 0.25) is 10.0 Å². The summed E-state index contributed by atoms with van der Waals surface area (Å²) < 4.78 is 37.5. The Kier molecular flexibility index (Phi) is 8.19. The van der Waals surface area contributed by atoms with Crippen molar-refractivity contribution in [1.29, 1.82) is 0 Å². The minimum Gasteiger partial charge on any atom is -0.490 e. The topological polar surface area (TPSA) is 123 Å². The molecule has 0 aromatic heterocycles. The lowest BCUT2D eigenvalue weighted by Gasteiger charge is -2.12. The zero-order valence-corrected chi connectivity index (χ0v) is 17.8. The largest absolute Gasteiger partial charge is 0.490 e. The van der Waals surface area contributed by atoms with Gasteiger partial charge < -0.3 is 9.47 Å². The second kappa shape index (κ2) is 10.6. The lowest BCUT2D eigenvalue weighted by atomic mass is 10.2. The molecule has 2 aromatic carbocycles. The standard InChI is InChI=1S/C20H25N3O6S/c1-4-28-17-7-5-6-8-18(17)29-13-19(24)21-22-20(25)15-9-11-16(12-10-15)30(26,27)23-14(2)3/h5-12,14,23H,4,13H2,1-3H3,(H,21,24)(H,22,25). The van der Waals surface area contributed by atoms with Crippen LogP contribution in [-0.4, -0.2) is 39.5 Å². The molecule has 0 atom stereocenters. The molecule has 0 saturated carbocycles. The number of amides is 2. The van der Waals surface area contributed by atoms with Gasteiger partial charge in [-0.25, -0.2) is 13.1 Å². The Balaban J connectivity index is 1.87. The van der Waals surface area contributed by atoms with Gasteiger partial charge in [0.1, 0.15) is 0 Å². The first-order chi connectivity index (χ1) is 14.2. The Morgan fingerprint density at radius 1 is 0.933 bits per heavy atom. The monoisotopic (exact) mass is 435 g/mol. The Hall–Kier alpha value is -3.11. The normalized spacial score (nSPS) is 11.1. The van der Waals surface area contributed by atoms with Crippen molar-refractivity contribution in [2.24, 2.45) is 0 Å². The maximum atomic E-state index is 12.1. The first-order valence-corrected chi connectivity index (χ1v) is 10.8. The molecule has 0 fully saturated rings. The van der Waals surface area contributed by atoms with Crippen LogP contribution in [0.5, 0.6) is 11.5 Å². The van der Waals surface area contributed by atoms with E-state index in [-0.39, 0.29) is 23.1 Å². The molecule has 0 aliphatic rings. The summed E-state index contributed by atoms with van der Waals surface area (Å²) in [7, 11) is -3.65. The minimum absolute atomic E-state index is 0.0400. The van der Waals surface area contributed by atoms with Crippen molar-refractivity contribution in [3.05, 3.63) is 54.1 Å². The minimum atomic E-state index is -3.65. The highest BCUT2D eigenvalue weighted by atomic mass is 32.2. The fraction of sp³-hybridized carbons (Fsp3) is 0.300. The summed E-state index contributed by atoms with van der Waals surface area (Å²) in [4.78, 5) is 24.1. The molecule has 162 valence electrons. The Morgan fingerprint density at radius 3 is 2.10 bits per heavy atom. The van der Waals surface area contributed by atoms with Gasteiger partial charge in [0.05, 0.1) is 11.5 Å². The zero-order valence-electron chi connectivity index (χ0n) is 17.0. The van der Waals surface area contributed by atoms with E-state index in [1.807, 2.05) is 6.92 Å². The number of carbonyl (C=O) groups excluding carboxylic acids is 2. The fourth-order valence-electron chi connectivity index (χ4n) is 2.39. The Bertz CT molecular complexity index is 974. The lowest BCUT2D eigenvalue weighted by Crippen LogP contribution is -2.43. The molecule has 0 heterocycles. The van der Waals surface area contributed by atoms with Crippen molar-refractivity contribution in [1.82, 2.24) is 15.6 Å². The maximum absolute atomic E-state index is 12.1. The number of para-hydroxylation sites is 2. The number of hydrazine groups is 1. The van der Waals surface area contributed by atoms with E-state index in [4.69, 9.17) is 9.47 Å². The van der Waals surface area contributed by atoms with Crippen LogP contribution in [0.3, 0.4) is 0 Å². The summed E-state index contributed by atoms with van der Waals surface area (Å²) in [5, 5.41) is 0. The van der Waals surface area contributed by atoms with Gasteiger partial charge in [-0.2, -0.15) is 0 Å². The fourth-order valence-corrected chi connectivity index (χ4v) is 3.64. The molecule has 2 amide bonds. The second-order valence-corrected chi connectivity index (χ2v) is 8.19. The van der Waals surface area contributed by atoms with E-state index < -0.39 is 21.8 Å². The molecule has 0 bridgehead atoms. The van der Waals surface area contributed by atoms with Crippen LogP contribution in [0, 0.1) is 0 Å². The molecule has 0 spiro atoms. The number of sulfonamides is 1. The van der Waals surface area contributed by atoms with E-state index in [9.17, 15) is 18.0 Å². The molecule has 2 rings (SSSR count). The van der Waals surface area contributed by atoms with Crippen LogP contribution in [0.25, 0.3) is 0 Å². The van der Waals surface area contributed by atoms with Crippen LogP contribution < -0.4 is 25.0 Å². The summed E-state index contributed by atoms with van der Waals surface area (Å²) in [6, 6.07) is 12.0. The molecule has 0 aliphatic carbocycles. The average molecular weight is 436 g/mol. The number of ether oxygens (including phenoxy) is 2. The number of rotatable bonds is 9. The molecule has 0 aliphatic heterocycles. The molecule has 3 N–H and O–H groups in total. The van der Waals surface area contributed by atoms with Crippen LogP contribution in [0.2, 0.25) is 0 Å². The highest BCUT2D eigenvalue weighted by Gasteiger charge is 2.16. The van der Waals surface area contributed by atoms with Crippen LogP contribution in [-0.2, 0) is 14.8 Å². The quantitative estimate of drug-likeness (QED) is 0.515. The van der Waals surface area contributed by atoms with Crippen LogP contribution in [0.1, 0.15) is 31.1 Å². The predicted octanol–water partition coefficient (Wildman–Crippen LogP) is 1.61. The van der Waals surface area contributed by atoms with Gasteiger partial charge in [0, 0.05) is 11.6 Å². The first-order valence-electron chi connectivity index (χ1n) is 9.29. The third-order valence-electron chi connectivity index (χ3n) is 3.64. The van der Waals surface area contributed by atoms with Crippen molar-refractivity contribution in [3.8, 4) is 11.5 Å². The molecule has 0 unspecified atom stereocenters. The van der Waals surface area contributed by atoms with E-state index in [1.165, 1.54) is 24.3 Å². The Morgan fingerprint density at radius 2 is 1.53 bits per heavy atom. The van der Waals surface area contributed by atoms with E-state index in [1.54, 1.807) is 38.1 Å². The van der Waals surface area contributed by atoms with E-state index >= 15 is 0 Å². The maximum Gasteiger partial charge on any atom is 0.276 e. The van der Waals surface area contributed by atoms with Crippen molar-refractivity contribution in [2.75, 3.05) is 13.2 Å². The molecule has 0 radical (unpaired) electrons. The highest BCUT2D eigenvalue weighted by Crippen LogP contribution is 2.26. The SMILES string of the molecule is CCOc1ccccc1OCC(=O)NNC(=O)c1ccc(S(=O)(=O)NC(C)C)cc1. The van der Waals surface area contributed by atoms with Crippen LogP contribution in [0.4, 0.5) is 0 Å². The van der Waals surface area contributed by atoms with Gasteiger partial charge >= 0.3 is 0 Å². The van der Waals surface area contributed by atoms with Crippen LogP contribution in [0.15, 0.2) is 53.4 Å². The number of carbonyl (C=O) groups is 2. The zero-order chi connectivity index (χ0) is 22.1. The first kappa shape index (κ1) is 23.2. The molecule has 9 nitrogen and oxygen atoms in total. The Labute approximate surface area is 175 Å².